The Balaban J connectivity index is 1.59. The summed E-state index contributed by atoms with van der Waals surface area (Å²) >= 11 is 7.59. The highest BCUT2D eigenvalue weighted by molar-refractivity contribution is 7.10. The number of halogens is 1. The van der Waals surface area contributed by atoms with E-state index in [9.17, 15) is 14.7 Å². The van der Waals surface area contributed by atoms with Crippen LogP contribution in [-0.2, 0) is 9.53 Å². The van der Waals surface area contributed by atoms with Gasteiger partial charge in [0.05, 0.1) is 18.8 Å². The van der Waals surface area contributed by atoms with Gasteiger partial charge in [-0.15, -0.1) is 11.3 Å². The van der Waals surface area contributed by atoms with Crippen LogP contribution in [0.15, 0.2) is 45.4 Å². The smallest absolute Gasteiger partial charge is 0.290 e. The second kappa shape index (κ2) is 8.52. The number of carbonyl (C=O) groups excluding carboxylic acids is 2. The largest absolute Gasteiger partial charge is 0.503 e. The van der Waals surface area contributed by atoms with Crippen LogP contribution < -0.4 is 4.74 Å². The molecule has 1 aromatic carbocycles. The molecule has 1 saturated heterocycles. The number of ether oxygens (including phenoxy) is 2. The average molecular weight is 488 g/mol. The van der Waals surface area contributed by atoms with E-state index in [4.69, 9.17) is 25.5 Å². The van der Waals surface area contributed by atoms with E-state index in [2.05, 4.69) is 0 Å². The van der Waals surface area contributed by atoms with Gasteiger partial charge in [-0.1, -0.05) is 11.6 Å². The topological polar surface area (TPSA) is 89.2 Å². The molecule has 2 unspecified atom stereocenters. The van der Waals surface area contributed by atoms with E-state index in [1.54, 1.807) is 18.2 Å². The highest BCUT2D eigenvalue weighted by Gasteiger charge is 2.46. The van der Waals surface area contributed by atoms with E-state index in [0.717, 1.165) is 23.3 Å². The first-order chi connectivity index (χ1) is 15.9. The van der Waals surface area contributed by atoms with Crippen molar-refractivity contribution in [1.29, 1.82) is 0 Å². The summed E-state index contributed by atoms with van der Waals surface area (Å²) in [6.45, 7) is 2.86. The SMILES string of the molecule is COc1cc(Cl)cc2cc(C(=O)C3=C(O)C(=O)N(CC4CCCO4)C3c3sccc3C)oc12. The zero-order chi connectivity index (χ0) is 23.3. The number of fused-ring (bicyclic) bond motifs is 1. The predicted octanol–water partition coefficient (Wildman–Crippen LogP) is 5.22. The van der Waals surface area contributed by atoms with Gasteiger partial charge in [0.1, 0.15) is 6.04 Å². The number of ketones is 1. The lowest BCUT2D eigenvalue weighted by atomic mass is 9.98. The summed E-state index contributed by atoms with van der Waals surface area (Å²) in [4.78, 5) is 29.1. The summed E-state index contributed by atoms with van der Waals surface area (Å²) < 4.78 is 16.9. The summed E-state index contributed by atoms with van der Waals surface area (Å²) in [6.07, 6.45) is 1.62. The normalized spacial score (nSPS) is 20.9. The number of benzene rings is 1. The van der Waals surface area contributed by atoms with Crippen LogP contribution in [0.4, 0.5) is 0 Å². The maximum Gasteiger partial charge on any atom is 0.290 e. The molecule has 2 atom stereocenters. The third kappa shape index (κ3) is 3.72. The molecule has 7 nitrogen and oxygen atoms in total. The Bertz CT molecular complexity index is 1290. The molecule has 172 valence electrons. The van der Waals surface area contributed by atoms with E-state index in [-0.39, 0.29) is 17.4 Å². The van der Waals surface area contributed by atoms with Crippen LogP contribution in [0.2, 0.25) is 5.02 Å². The maximum absolute atomic E-state index is 13.7. The molecule has 9 heteroatoms. The Hall–Kier alpha value is -2.81. The molecule has 4 heterocycles. The molecule has 0 radical (unpaired) electrons. The lowest BCUT2D eigenvalue weighted by Gasteiger charge is -2.28. The molecule has 33 heavy (non-hydrogen) atoms. The summed E-state index contributed by atoms with van der Waals surface area (Å²) in [5.41, 5.74) is 1.32. The molecule has 1 amide bonds. The summed E-state index contributed by atoms with van der Waals surface area (Å²) in [5.74, 6) is -1.30. The summed E-state index contributed by atoms with van der Waals surface area (Å²) in [7, 11) is 1.48. The number of hydrogen-bond donors (Lipinski definition) is 1. The minimum Gasteiger partial charge on any atom is -0.503 e. The van der Waals surface area contributed by atoms with Gasteiger partial charge in [0.2, 0.25) is 5.78 Å². The molecular formula is C24H22ClNO6S. The molecule has 5 rings (SSSR count). The Morgan fingerprint density at radius 3 is 2.85 bits per heavy atom. The van der Waals surface area contributed by atoms with Crippen LogP contribution in [0.3, 0.4) is 0 Å². The number of furan rings is 1. The van der Waals surface area contributed by atoms with Crippen LogP contribution in [-0.4, -0.2) is 48.1 Å². The number of methoxy groups -OCH3 is 1. The van der Waals surface area contributed by atoms with Crippen molar-refractivity contribution in [1.82, 2.24) is 4.90 Å². The number of aliphatic hydroxyl groups is 1. The van der Waals surface area contributed by atoms with Gasteiger partial charge < -0.3 is 23.9 Å². The molecule has 3 aromatic rings. The van der Waals surface area contributed by atoms with E-state index in [0.29, 0.717) is 34.9 Å². The van der Waals surface area contributed by atoms with Crippen LogP contribution >= 0.6 is 22.9 Å². The molecule has 1 fully saturated rings. The summed E-state index contributed by atoms with van der Waals surface area (Å²) in [5, 5.41) is 13.8. The Labute approximate surface area is 199 Å². The monoisotopic (exact) mass is 487 g/mol. The van der Waals surface area contributed by atoms with Gasteiger partial charge in [-0.25, -0.2) is 0 Å². The minimum atomic E-state index is -0.715. The van der Waals surface area contributed by atoms with Crippen LogP contribution in [0, 0.1) is 6.92 Å². The van der Waals surface area contributed by atoms with Crippen molar-refractivity contribution in [2.75, 3.05) is 20.3 Å². The number of aryl methyl sites for hydroxylation is 1. The lowest BCUT2D eigenvalue weighted by Crippen LogP contribution is -2.37. The number of rotatable bonds is 6. The number of carbonyl (C=O) groups is 2. The van der Waals surface area contributed by atoms with E-state index in [1.807, 2.05) is 18.4 Å². The van der Waals surface area contributed by atoms with Gasteiger partial charge in [0, 0.05) is 34.5 Å². The lowest BCUT2D eigenvalue weighted by molar-refractivity contribution is -0.130. The Morgan fingerprint density at radius 2 is 2.18 bits per heavy atom. The number of Topliss-reactive ketones (excluding diaryl/α,β-unsaturated/α-hetero) is 1. The fourth-order valence-corrected chi connectivity index (χ4v) is 5.76. The van der Waals surface area contributed by atoms with Gasteiger partial charge in [0.25, 0.3) is 5.91 Å². The van der Waals surface area contributed by atoms with Crippen molar-refractivity contribution in [2.45, 2.75) is 31.9 Å². The maximum atomic E-state index is 13.7. The van der Waals surface area contributed by atoms with Crippen molar-refractivity contribution in [2.24, 2.45) is 0 Å². The molecule has 0 saturated carbocycles. The van der Waals surface area contributed by atoms with Crippen molar-refractivity contribution >= 4 is 45.6 Å². The van der Waals surface area contributed by atoms with Crippen LogP contribution in [0.25, 0.3) is 11.0 Å². The third-order valence-electron chi connectivity index (χ3n) is 6.11. The number of thiophene rings is 1. The highest BCUT2D eigenvalue weighted by atomic mass is 35.5. The Morgan fingerprint density at radius 1 is 1.36 bits per heavy atom. The standard InChI is InChI=1S/C24H22ClNO6S/c1-12-5-7-33-23(12)19-18(21(28)24(29)26(19)11-15-4-3-6-31-15)20(27)16-9-13-8-14(25)10-17(30-2)22(13)32-16/h5,7-10,15,19,28H,3-4,6,11H2,1-2H3. The summed E-state index contributed by atoms with van der Waals surface area (Å²) in [6, 6.07) is 6.03. The molecule has 2 aliphatic heterocycles. The first kappa shape index (κ1) is 22.0. The zero-order valence-electron chi connectivity index (χ0n) is 18.1. The van der Waals surface area contributed by atoms with Crippen molar-refractivity contribution in [3.63, 3.8) is 0 Å². The second-order valence-electron chi connectivity index (χ2n) is 8.19. The van der Waals surface area contributed by atoms with Crippen molar-refractivity contribution in [3.8, 4) is 5.75 Å². The highest BCUT2D eigenvalue weighted by Crippen LogP contribution is 2.43. The van der Waals surface area contributed by atoms with E-state index in [1.165, 1.54) is 23.3 Å². The number of hydrogen-bond acceptors (Lipinski definition) is 7. The number of amides is 1. The second-order valence-corrected chi connectivity index (χ2v) is 9.58. The van der Waals surface area contributed by atoms with Gasteiger partial charge in [-0.05, 0) is 48.9 Å². The van der Waals surface area contributed by atoms with Crippen molar-refractivity contribution in [3.05, 3.63) is 62.2 Å². The average Bonchev–Trinajstić information content (AvgIpc) is 3.57. The van der Waals surface area contributed by atoms with Gasteiger partial charge >= 0.3 is 0 Å². The predicted molar refractivity (Wildman–Crippen MR) is 124 cm³/mol. The van der Waals surface area contributed by atoms with Crippen LogP contribution in [0.1, 0.15) is 39.9 Å². The van der Waals surface area contributed by atoms with Gasteiger partial charge in [-0.2, -0.15) is 0 Å². The molecule has 2 aromatic heterocycles. The number of aliphatic hydroxyl groups excluding tert-OH is 1. The minimum absolute atomic E-state index is 0.00177. The quantitative estimate of drug-likeness (QED) is 0.479. The third-order valence-corrected chi connectivity index (χ3v) is 7.40. The molecule has 2 aliphatic rings. The molecule has 0 bridgehead atoms. The van der Waals surface area contributed by atoms with Crippen molar-refractivity contribution < 1.29 is 28.6 Å². The number of nitrogens with zero attached hydrogens (tertiary/aromatic N) is 1. The molecule has 1 N–H and O–H groups in total. The first-order valence-corrected chi connectivity index (χ1v) is 11.9. The van der Waals surface area contributed by atoms with Crippen LogP contribution in [0.5, 0.6) is 5.75 Å². The fourth-order valence-electron chi connectivity index (χ4n) is 4.50. The van der Waals surface area contributed by atoms with Gasteiger partial charge in [-0.3, -0.25) is 9.59 Å². The zero-order valence-corrected chi connectivity index (χ0v) is 19.7. The molecule has 0 spiro atoms. The Kier molecular flexibility index (Phi) is 5.68. The van der Waals surface area contributed by atoms with E-state index < -0.39 is 23.5 Å². The fraction of sp³-hybridized carbons (Fsp3) is 0.333. The molecule has 0 aliphatic carbocycles. The van der Waals surface area contributed by atoms with E-state index >= 15 is 0 Å². The first-order valence-electron chi connectivity index (χ1n) is 10.6. The van der Waals surface area contributed by atoms with Gasteiger partial charge in [0.15, 0.2) is 22.9 Å². The molecular weight excluding hydrogens is 466 g/mol.